The van der Waals surface area contributed by atoms with Gasteiger partial charge in [-0.3, -0.25) is 14.4 Å². The SMILES string of the molecule is COc1cccc2c1C(O[Si](C)(C)C(C)(C)C)C1C(=O)OC(C(OC(C)=O)C3OC(C)OCC3OC(C)=O)C1C2. The van der Waals surface area contributed by atoms with E-state index in [1.807, 2.05) is 18.2 Å². The number of carbonyl (C=O) groups is 3. The Labute approximate surface area is 237 Å². The van der Waals surface area contributed by atoms with Crippen molar-refractivity contribution >= 4 is 26.2 Å². The molecule has 0 bridgehead atoms. The lowest BCUT2D eigenvalue weighted by molar-refractivity contribution is -0.279. The van der Waals surface area contributed by atoms with Crippen LogP contribution in [0.3, 0.4) is 0 Å². The van der Waals surface area contributed by atoms with Gasteiger partial charge < -0.3 is 32.8 Å². The molecular weight excluding hydrogens is 536 g/mol. The van der Waals surface area contributed by atoms with Gasteiger partial charge in [0.25, 0.3) is 0 Å². The summed E-state index contributed by atoms with van der Waals surface area (Å²) >= 11 is 0. The Bertz CT molecular complexity index is 1130. The first-order valence-corrected chi connectivity index (χ1v) is 16.7. The number of esters is 3. The summed E-state index contributed by atoms with van der Waals surface area (Å²) in [6.45, 7) is 15.1. The van der Waals surface area contributed by atoms with E-state index in [2.05, 4.69) is 33.9 Å². The predicted octanol–water partition coefficient (Wildman–Crippen LogP) is 4.10. The third kappa shape index (κ3) is 5.93. The molecule has 8 atom stereocenters. The molecule has 0 amide bonds. The lowest BCUT2D eigenvalue weighted by atomic mass is 9.71. The summed E-state index contributed by atoms with van der Waals surface area (Å²) in [5, 5.41) is -0.117. The second kappa shape index (κ2) is 11.4. The fourth-order valence-corrected chi connectivity index (χ4v) is 6.95. The van der Waals surface area contributed by atoms with E-state index in [0.29, 0.717) is 12.2 Å². The van der Waals surface area contributed by atoms with Gasteiger partial charge in [-0.15, -0.1) is 0 Å². The number of ether oxygens (including phenoxy) is 6. The van der Waals surface area contributed by atoms with Crippen LogP contribution in [0.15, 0.2) is 18.2 Å². The number of fused-ring (bicyclic) bond motifs is 2. The molecule has 0 aromatic heterocycles. The number of benzene rings is 1. The van der Waals surface area contributed by atoms with E-state index >= 15 is 0 Å². The Morgan fingerprint density at radius 3 is 2.40 bits per heavy atom. The van der Waals surface area contributed by atoms with E-state index in [-0.39, 0.29) is 11.6 Å². The molecule has 0 spiro atoms. The van der Waals surface area contributed by atoms with Crippen molar-refractivity contribution in [3.63, 3.8) is 0 Å². The zero-order valence-electron chi connectivity index (χ0n) is 24.8. The Balaban J connectivity index is 1.79. The van der Waals surface area contributed by atoms with Crippen molar-refractivity contribution in [1.29, 1.82) is 0 Å². The standard InChI is InChI=1S/C29H42O10Si/c1-15(30)35-21-14-34-17(3)37-25(21)27(36-16(2)31)24-19-13-18-11-10-12-20(33-7)22(18)26(23(19)28(32)38-24)39-40(8,9)29(4,5)6/h10-12,17,19,21,23-27H,13-14H2,1-9H3. The van der Waals surface area contributed by atoms with E-state index in [1.54, 1.807) is 14.0 Å². The van der Waals surface area contributed by atoms with Crippen LogP contribution >= 0.6 is 0 Å². The van der Waals surface area contributed by atoms with Crippen LogP contribution in [0.4, 0.5) is 0 Å². The summed E-state index contributed by atoms with van der Waals surface area (Å²) in [6.07, 6.45) is -4.44. The van der Waals surface area contributed by atoms with Gasteiger partial charge in [0.1, 0.15) is 18.0 Å². The van der Waals surface area contributed by atoms with E-state index in [9.17, 15) is 14.4 Å². The van der Waals surface area contributed by atoms with Crippen molar-refractivity contribution in [1.82, 2.24) is 0 Å². The molecule has 0 radical (unpaired) electrons. The molecule has 40 heavy (non-hydrogen) atoms. The molecule has 222 valence electrons. The first kappa shape index (κ1) is 30.5. The third-order valence-electron chi connectivity index (χ3n) is 8.56. The lowest BCUT2D eigenvalue weighted by Gasteiger charge is -2.44. The monoisotopic (exact) mass is 578 g/mol. The van der Waals surface area contributed by atoms with Crippen LogP contribution in [0.1, 0.15) is 58.8 Å². The summed E-state index contributed by atoms with van der Waals surface area (Å²) in [5.74, 6) is -1.93. The van der Waals surface area contributed by atoms with Crippen LogP contribution in [0.5, 0.6) is 5.75 Å². The minimum atomic E-state index is -2.38. The van der Waals surface area contributed by atoms with Crippen molar-refractivity contribution in [3.8, 4) is 5.75 Å². The van der Waals surface area contributed by atoms with Gasteiger partial charge >= 0.3 is 17.9 Å². The van der Waals surface area contributed by atoms with Gasteiger partial charge in [0.15, 0.2) is 26.8 Å². The molecule has 10 nitrogen and oxygen atoms in total. The summed E-state index contributed by atoms with van der Waals surface area (Å²) in [7, 11) is -0.772. The molecule has 4 rings (SSSR count). The second-order valence-corrected chi connectivity index (χ2v) is 17.1. The maximum Gasteiger partial charge on any atom is 0.312 e. The van der Waals surface area contributed by atoms with Gasteiger partial charge in [0, 0.05) is 25.3 Å². The molecule has 8 unspecified atom stereocenters. The van der Waals surface area contributed by atoms with Crippen LogP contribution in [0.2, 0.25) is 18.1 Å². The van der Waals surface area contributed by atoms with Crippen LogP contribution in [0.25, 0.3) is 0 Å². The van der Waals surface area contributed by atoms with Crippen molar-refractivity contribution < 1.29 is 47.2 Å². The topological polar surface area (TPSA) is 116 Å². The third-order valence-corrected chi connectivity index (χ3v) is 13.0. The fraction of sp³-hybridized carbons (Fsp3) is 0.690. The van der Waals surface area contributed by atoms with Gasteiger partial charge in [0.05, 0.1) is 25.7 Å². The Kier molecular flexibility index (Phi) is 8.71. The highest BCUT2D eigenvalue weighted by molar-refractivity contribution is 6.74. The normalized spacial score (nSPS) is 30.9. The summed E-state index contributed by atoms with van der Waals surface area (Å²) in [6, 6.07) is 5.80. The lowest BCUT2D eigenvalue weighted by Crippen LogP contribution is -2.57. The highest BCUT2D eigenvalue weighted by atomic mass is 28.4. The number of hydrogen-bond acceptors (Lipinski definition) is 10. The maximum atomic E-state index is 13.8. The van der Waals surface area contributed by atoms with E-state index in [1.165, 1.54) is 13.8 Å². The molecule has 1 aliphatic carbocycles. The van der Waals surface area contributed by atoms with E-state index < -0.39 is 74.9 Å². The number of cyclic esters (lactones) is 1. The molecule has 2 saturated heterocycles. The van der Waals surface area contributed by atoms with Crippen molar-refractivity contribution in [2.45, 2.75) is 103 Å². The Morgan fingerprint density at radius 1 is 1.10 bits per heavy atom. The van der Waals surface area contributed by atoms with E-state index in [0.717, 1.165) is 11.1 Å². The summed E-state index contributed by atoms with van der Waals surface area (Å²) in [4.78, 5) is 38.0. The zero-order chi connectivity index (χ0) is 29.6. The molecule has 2 aliphatic heterocycles. The molecule has 2 fully saturated rings. The summed E-state index contributed by atoms with van der Waals surface area (Å²) < 4.78 is 41.7. The van der Waals surface area contributed by atoms with Gasteiger partial charge in [-0.05, 0) is 43.1 Å². The largest absolute Gasteiger partial charge is 0.496 e. The Morgan fingerprint density at radius 2 is 1.80 bits per heavy atom. The molecule has 3 aliphatic rings. The first-order chi connectivity index (χ1) is 18.6. The quantitative estimate of drug-likeness (QED) is 0.266. The first-order valence-electron chi connectivity index (χ1n) is 13.8. The van der Waals surface area contributed by atoms with Crippen LogP contribution < -0.4 is 4.74 Å². The Hall–Kier alpha value is -2.47. The number of hydrogen-bond donors (Lipinski definition) is 0. The van der Waals surface area contributed by atoms with Gasteiger partial charge in [0.2, 0.25) is 0 Å². The fourth-order valence-electron chi connectivity index (χ4n) is 5.70. The molecular formula is C29H42O10Si. The number of carbonyl (C=O) groups excluding carboxylic acids is 3. The van der Waals surface area contributed by atoms with E-state index in [4.69, 9.17) is 32.8 Å². The molecule has 11 heteroatoms. The molecule has 1 aromatic rings. The number of rotatable bonds is 7. The van der Waals surface area contributed by atoms with Crippen molar-refractivity contribution in [2.75, 3.05) is 13.7 Å². The highest BCUT2D eigenvalue weighted by Crippen LogP contribution is 2.53. The predicted molar refractivity (Wildman–Crippen MR) is 146 cm³/mol. The van der Waals surface area contributed by atoms with Crippen molar-refractivity contribution in [2.24, 2.45) is 11.8 Å². The minimum absolute atomic E-state index is 0.0507. The smallest absolute Gasteiger partial charge is 0.312 e. The van der Waals surface area contributed by atoms with Crippen LogP contribution in [-0.2, 0) is 48.9 Å². The minimum Gasteiger partial charge on any atom is -0.496 e. The molecule has 0 N–H and O–H groups in total. The molecule has 1 aromatic carbocycles. The highest BCUT2D eigenvalue weighted by Gasteiger charge is 2.60. The molecule has 0 saturated carbocycles. The number of methoxy groups -OCH3 is 1. The molecule has 2 heterocycles. The average Bonchev–Trinajstić information content (AvgIpc) is 3.17. The zero-order valence-corrected chi connectivity index (χ0v) is 25.8. The summed E-state index contributed by atoms with van der Waals surface area (Å²) in [5.41, 5.74) is 1.83. The van der Waals surface area contributed by atoms with Crippen LogP contribution in [0, 0.1) is 11.8 Å². The maximum absolute atomic E-state index is 13.8. The van der Waals surface area contributed by atoms with Crippen molar-refractivity contribution in [3.05, 3.63) is 29.3 Å². The van der Waals surface area contributed by atoms with Gasteiger partial charge in [-0.25, -0.2) is 0 Å². The van der Waals surface area contributed by atoms with Gasteiger partial charge in [-0.2, -0.15) is 0 Å². The van der Waals surface area contributed by atoms with Gasteiger partial charge in [-0.1, -0.05) is 32.9 Å². The average molecular weight is 579 g/mol. The van der Waals surface area contributed by atoms with Crippen LogP contribution in [-0.4, -0.2) is 70.6 Å². The second-order valence-electron chi connectivity index (χ2n) is 12.4.